The van der Waals surface area contributed by atoms with Crippen molar-refractivity contribution in [3.63, 3.8) is 0 Å². The van der Waals surface area contributed by atoms with Crippen molar-refractivity contribution < 1.29 is 19.4 Å². The monoisotopic (exact) mass is 284 g/mol. The summed E-state index contributed by atoms with van der Waals surface area (Å²) in [7, 11) is 0. The van der Waals surface area contributed by atoms with Gasteiger partial charge in [0.1, 0.15) is 22.8 Å². The fraction of sp³-hybridized carbons (Fsp3) is 0.235. The lowest BCUT2D eigenvalue weighted by molar-refractivity contribution is 0.0977. The lowest BCUT2D eigenvalue weighted by Gasteiger charge is -2.12. The average molecular weight is 284 g/mol. The van der Waals surface area contributed by atoms with Gasteiger partial charge in [0, 0.05) is 18.4 Å². The number of furan rings is 1. The van der Waals surface area contributed by atoms with Crippen LogP contribution in [-0.4, -0.2) is 16.0 Å². The summed E-state index contributed by atoms with van der Waals surface area (Å²) in [5, 5.41) is 19.4. The predicted molar refractivity (Wildman–Crippen MR) is 78.3 cm³/mol. The third-order valence-electron chi connectivity index (χ3n) is 3.79. The second-order valence-corrected chi connectivity index (χ2v) is 5.20. The van der Waals surface area contributed by atoms with Crippen LogP contribution in [0.25, 0.3) is 6.08 Å². The van der Waals surface area contributed by atoms with Crippen LogP contribution in [0.1, 0.15) is 40.9 Å². The summed E-state index contributed by atoms with van der Waals surface area (Å²) < 4.78 is 5.35. The van der Waals surface area contributed by atoms with Crippen molar-refractivity contribution in [3.05, 3.63) is 53.0 Å². The Hall–Kier alpha value is -2.49. The van der Waals surface area contributed by atoms with E-state index < -0.39 is 0 Å². The highest BCUT2D eigenvalue weighted by Gasteiger charge is 2.18. The minimum atomic E-state index is -0.246. The molecule has 0 saturated carbocycles. The Morgan fingerprint density at radius 2 is 1.90 bits per heavy atom. The molecule has 1 heterocycles. The topological polar surface area (TPSA) is 70.7 Å². The Balaban J connectivity index is 1.70. The smallest absolute Gasteiger partial charge is 0.170 e. The maximum Gasteiger partial charge on any atom is 0.170 e. The van der Waals surface area contributed by atoms with Crippen LogP contribution in [0.4, 0.5) is 0 Å². The van der Waals surface area contributed by atoms with E-state index in [1.165, 1.54) is 23.8 Å². The first-order chi connectivity index (χ1) is 10.1. The molecule has 1 aliphatic carbocycles. The molecule has 2 aromatic rings. The highest BCUT2D eigenvalue weighted by atomic mass is 16.3. The molecule has 3 rings (SSSR count). The van der Waals surface area contributed by atoms with Crippen LogP contribution in [0, 0.1) is 0 Å². The molecule has 4 nitrogen and oxygen atoms in total. The standard InChI is InChI=1S/C17H16O4/c18-13-2-1-3-14(19)17(13)15(20)6-4-11-5-7-16-12(10-11)8-9-21-16/h1-3,8-10,18-19H,4-7H2. The summed E-state index contributed by atoms with van der Waals surface area (Å²) in [6, 6.07) is 6.24. The summed E-state index contributed by atoms with van der Waals surface area (Å²) in [6.45, 7) is 0. The molecule has 0 bridgehead atoms. The van der Waals surface area contributed by atoms with Crippen molar-refractivity contribution in [2.45, 2.75) is 25.7 Å². The van der Waals surface area contributed by atoms with Crippen LogP contribution >= 0.6 is 0 Å². The van der Waals surface area contributed by atoms with Crippen molar-refractivity contribution in [2.24, 2.45) is 0 Å². The van der Waals surface area contributed by atoms with E-state index in [0.29, 0.717) is 6.42 Å². The number of hydrogen-bond donors (Lipinski definition) is 2. The Bertz CT molecular complexity index is 689. The molecular weight excluding hydrogens is 268 g/mol. The number of aryl methyl sites for hydroxylation is 1. The number of ketones is 1. The summed E-state index contributed by atoms with van der Waals surface area (Å²) >= 11 is 0. The van der Waals surface area contributed by atoms with Crippen molar-refractivity contribution in [2.75, 3.05) is 0 Å². The molecule has 2 N–H and O–H groups in total. The average Bonchev–Trinajstić information content (AvgIpc) is 2.92. The van der Waals surface area contributed by atoms with Gasteiger partial charge in [-0.15, -0.1) is 0 Å². The second kappa shape index (κ2) is 5.48. The van der Waals surface area contributed by atoms with Crippen LogP contribution in [-0.2, 0) is 6.42 Å². The largest absolute Gasteiger partial charge is 0.507 e. The number of allylic oxidation sites excluding steroid dienone is 1. The highest BCUT2D eigenvalue weighted by Crippen LogP contribution is 2.31. The highest BCUT2D eigenvalue weighted by molar-refractivity contribution is 6.01. The van der Waals surface area contributed by atoms with Gasteiger partial charge in [0.05, 0.1) is 6.26 Å². The number of carbonyl (C=O) groups excluding carboxylic acids is 1. The Labute approximate surface area is 122 Å². The van der Waals surface area contributed by atoms with Crippen molar-refractivity contribution in [1.29, 1.82) is 0 Å². The molecule has 0 atom stereocenters. The summed E-state index contributed by atoms with van der Waals surface area (Å²) in [6.07, 6.45) is 6.35. The Morgan fingerprint density at radius 3 is 2.67 bits per heavy atom. The van der Waals surface area contributed by atoms with E-state index in [0.717, 1.165) is 24.2 Å². The number of carbonyl (C=O) groups is 1. The molecule has 0 aliphatic heterocycles. The van der Waals surface area contributed by atoms with E-state index in [1.54, 1.807) is 6.26 Å². The first-order valence-electron chi connectivity index (χ1n) is 6.95. The van der Waals surface area contributed by atoms with Crippen LogP contribution in [0.5, 0.6) is 11.5 Å². The van der Waals surface area contributed by atoms with E-state index in [1.807, 2.05) is 6.07 Å². The number of rotatable bonds is 4. The lowest BCUT2D eigenvalue weighted by atomic mass is 9.93. The van der Waals surface area contributed by atoms with Gasteiger partial charge in [-0.25, -0.2) is 0 Å². The number of hydrogen-bond acceptors (Lipinski definition) is 4. The predicted octanol–water partition coefficient (Wildman–Crippen LogP) is 3.68. The zero-order chi connectivity index (χ0) is 14.8. The Morgan fingerprint density at radius 1 is 1.14 bits per heavy atom. The molecule has 0 amide bonds. The van der Waals surface area contributed by atoms with E-state index in [4.69, 9.17) is 4.42 Å². The van der Waals surface area contributed by atoms with Gasteiger partial charge in [0.25, 0.3) is 0 Å². The van der Waals surface area contributed by atoms with Gasteiger partial charge in [-0.2, -0.15) is 0 Å². The number of benzene rings is 1. The van der Waals surface area contributed by atoms with Gasteiger partial charge in [-0.1, -0.05) is 17.7 Å². The van der Waals surface area contributed by atoms with Crippen LogP contribution < -0.4 is 0 Å². The number of aromatic hydroxyl groups is 2. The van der Waals surface area contributed by atoms with E-state index in [-0.39, 0.29) is 29.3 Å². The molecule has 0 saturated heterocycles. The molecule has 0 spiro atoms. The quantitative estimate of drug-likeness (QED) is 0.840. The molecule has 0 unspecified atom stereocenters. The number of phenols is 2. The van der Waals surface area contributed by atoms with Crippen LogP contribution in [0.15, 0.2) is 40.5 Å². The molecule has 0 radical (unpaired) electrons. The first-order valence-corrected chi connectivity index (χ1v) is 6.95. The lowest BCUT2D eigenvalue weighted by Crippen LogP contribution is -2.03. The van der Waals surface area contributed by atoms with Crippen LogP contribution in [0.3, 0.4) is 0 Å². The van der Waals surface area contributed by atoms with Gasteiger partial charge in [-0.05, 0) is 31.0 Å². The maximum atomic E-state index is 12.2. The van der Waals surface area contributed by atoms with E-state index in [2.05, 4.69) is 6.08 Å². The van der Waals surface area contributed by atoms with Gasteiger partial charge in [-0.3, -0.25) is 4.79 Å². The Kier molecular flexibility index (Phi) is 3.52. The molecule has 1 aliphatic rings. The molecule has 1 aromatic heterocycles. The molecular formula is C17H16O4. The van der Waals surface area contributed by atoms with Crippen molar-refractivity contribution >= 4 is 11.9 Å². The third kappa shape index (κ3) is 2.70. The number of phenolic OH excluding ortho intramolecular Hbond substituents is 2. The van der Waals surface area contributed by atoms with Gasteiger partial charge >= 0.3 is 0 Å². The second-order valence-electron chi connectivity index (χ2n) is 5.20. The maximum absolute atomic E-state index is 12.2. The minimum absolute atomic E-state index is 0.0120. The fourth-order valence-electron chi connectivity index (χ4n) is 2.66. The van der Waals surface area contributed by atoms with Crippen molar-refractivity contribution in [3.8, 4) is 11.5 Å². The van der Waals surface area contributed by atoms with Crippen molar-refractivity contribution in [1.82, 2.24) is 0 Å². The SMILES string of the molecule is O=C(CCC1=Cc2ccoc2CC1)c1c(O)cccc1O. The zero-order valence-corrected chi connectivity index (χ0v) is 11.5. The van der Waals surface area contributed by atoms with Gasteiger partial charge in [0.15, 0.2) is 5.78 Å². The molecule has 4 heteroatoms. The molecule has 108 valence electrons. The molecule has 1 aromatic carbocycles. The summed E-state index contributed by atoms with van der Waals surface area (Å²) in [5.41, 5.74) is 2.28. The third-order valence-corrected chi connectivity index (χ3v) is 3.79. The molecule has 21 heavy (non-hydrogen) atoms. The zero-order valence-electron chi connectivity index (χ0n) is 11.5. The summed E-state index contributed by atoms with van der Waals surface area (Å²) in [5.74, 6) is 0.400. The van der Waals surface area contributed by atoms with Gasteiger partial charge in [0.2, 0.25) is 0 Å². The van der Waals surface area contributed by atoms with E-state index in [9.17, 15) is 15.0 Å². The normalized spacial score (nSPS) is 13.6. The van der Waals surface area contributed by atoms with Crippen LogP contribution in [0.2, 0.25) is 0 Å². The first kappa shape index (κ1) is 13.5. The van der Waals surface area contributed by atoms with Gasteiger partial charge < -0.3 is 14.6 Å². The fourth-order valence-corrected chi connectivity index (χ4v) is 2.66. The number of Topliss-reactive ketones (excluding diaryl/α,β-unsaturated/α-hetero) is 1. The minimum Gasteiger partial charge on any atom is -0.507 e. The summed E-state index contributed by atoms with van der Waals surface area (Å²) in [4.78, 5) is 12.2. The van der Waals surface area contributed by atoms with E-state index >= 15 is 0 Å². The molecule has 0 fully saturated rings. The number of fused-ring (bicyclic) bond motifs is 1.